The Morgan fingerprint density at radius 2 is 1.32 bits per heavy atom. The maximum atomic E-state index is 3.74. The van der Waals surface area contributed by atoms with E-state index in [0.717, 1.165) is 6.42 Å². The monoisotopic (exact) mass is 260 g/mol. The number of hydrogen-bond donors (Lipinski definition) is 0. The molecule has 0 unspecified atom stereocenters. The molecule has 0 aromatic rings. The lowest BCUT2D eigenvalue weighted by Gasteiger charge is -2.02. The maximum absolute atomic E-state index is 3.74. The standard InChI is InChI=1S/C19H32/c1-6-7-13-18(4)15-10-11-16-19(5)14-9-8-12-17(2)3/h6,12-13,16H,1,7-11,14-15H2,2-5H3. The Kier molecular flexibility index (Phi) is 11.4. The average Bonchev–Trinajstić information content (AvgIpc) is 2.37. The second-order valence-corrected chi connectivity index (χ2v) is 5.69. The number of rotatable bonds is 10. The minimum absolute atomic E-state index is 1.01. The summed E-state index contributed by atoms with van der Waals surface area (Å²) in [6.07, 6.45) is 17.4. The Labute approximate surface area is 121 Å². The summed E-state index contributed by atoms with van der Waals surface area (Å²) in [5.41, 5.74) is 4.48. The quantitative estimate of drug-likeness (QED) is 0.300. The minimum Gasteiger partial charge on any atom is -0.103 e. The van der Waals surface area contributed by atoms with Gasteiger partial charge in [-0.1, -0.05) is 41.0 Å². The lowest BCUT2D eigenvalue weighted by molar-refractivity contribution is 0.795. The summed E-state index contributed by atoms with van der Waals surface area (Å²) in [6, 6.07) is 0. The molecule has 0 fully saturated rings. The van der Waals surface area contributed by atoms with E-state index >= 15 is 0 Å². The van der Waals surface area contributed by atoms with Crippen molar-refractivity contribution < 1.29 is 0 Å². The van der Waals surface area contributed by atoms with Gasteiger partial charge in [-0.25, -0.2) is 0 Å². The molecule has 0 heteroatoms. The summed E-state index contributed by atoms with van der Waals surface area (Å²) in [4.78, 5) is 0. The normalized spacial score (nSPS) is 12.4. The molecule has 0 amide bonds. The molecule has 0 heterocycles. The van der Waals surface area contributed by atoms with Crippen molar-refractivity contribution in [1.29, 1.82) is 0 Å². The smallest absolute Gasteiger partial charge is 0.0169 e. The van der Waals surface area contributed by atoms with Crippen LogP contribution in [0.25, 0.3) is 0 Å². The molecule has 0 aliphatic heterocycles. The lowest BCUT2D eigenvalue weighted by Crippen LogP contribution is -1.81. The van der Waals surface area contributed by atoms with Crippen LogP contribution in [-0.2, 0) is 0 Å². The second kappa shape index (κ2) is 12.0. The number of allylic oxidation sites excluding steroid dienone is 7. The third-order valence-corrected chi connectivity index (χ3v) is 3.23. The number of hydrogen-bond acceptors (Lipinski definition) is 0. The SMILES string of the molecule is C=CCC=C(C)CCCC=C(C)CCCC=C(C)C. The van der Waals surface area contributed by atoms with Crippen LogP contribution < -0.4 is 0 Å². The van der Waals surface area contributed by atoms with E-state index < -0.39 is 0 Å². The molecule has 0 N–H and O–H groups in total. The van der Waals surface area contributed by atoms with Crippen molar-refractivity contribution in [1.82, 2.24) is 0 Å². The van der Waals surface area contributed by atoms with Crippen LogP contribution in [0.5, 0.6) is 0 Å². The summed E-state index contributed by atoms with van der Waals surface area (Å²) in [7, 11) is 0. The van der Waals surface area contributed by atoms with Crippen LogP contribution in [0.15, 0.2) is 47.6 Å². The van der Waals surface area contributed by atoms with Gasteiger partial charge in [0.1, 0.15) is 0 Å². The van der Waals surface area contributed by atoms with E-state index in [4.69, 9.17) is 0 Å². The molecule has 0 aromatic carbocycles. The Morgan fingerprint density at radius 3 is 1.84 bits per heavy atom. The van der Waals surface area contributed by atoms with Crippen molar-refractivity contribution in [3.63, 3.8) is 0 Å². The molecule has 0 atom stereocenters. The second-order valence-electron chi connectivity index (χ2n) is 5.69. The Morgan fingerprint density at radius 1 is 0.789 bits per heavy atom. The molecule has 0 rings (SSSR count). The topological polar surface area (TPSA) is 0 Å². The van der Waals surface area contributed by atoms with Gasteiger partial charge in [0, 0.05) is 0 Å². The van der Waals surface area contributed by atoms with Gasteiger partial charge < -0.3 is 0 Å². The predicted molar refractivity (Wildman–Crippen MR) is 89.5 cm³/mol. The van der Waals surface area contributed by atoms with Gasteiger partial charge in [0.2, 0.25) is 0 Å². The van der Waals surface area contributed by atoms with E-state index in [1.165, 1.54) is 49.7 Å². The van der Waals surface area contributed by atoms with Gasteiger partial charge in [-0.2, -0.15) is 0 Å². The predicted octanol–water partition coefficient (Wildman–Crippen LogP) is 6.76. The molecule has 19 heavy (non-hydrogen) atoms. The summed E-state index contributed by atoms with van der Waals surface area (Å²) < 4.78 is 0. The van der Waals surface area contributed by atoms with Crippen molar-refractivity contribution in [3.05, 3.63) is 47.6 Å². The van der Waals surface area contributed by atoms with Gasteiger partial charge in [-0.05, 0) is 72.6 Å². The Hall–Kier alpha value is -1.04. The fraction of sp³-hybridized carbons (Fsp3) is 0.579. The molecule has 0 saturated heterocycles. The first-order valence-electron chi connectivity index (χ1n) is 7.61. The van der Waals surface area contributed by atoms with Crippen LogP contribution in [-0.4, -0.2) is 0 Å². The average molecular weight is 260 g/mol. The molecule has 0 radical (unpaired) electrons. The first-order valence-corrected chi connectivity index (χ1v) is 7.61. The number of unbranched alkanes of at least 4 members (excludes halogenated alkanes) is 2. The largest absolute Gasteiger partial charge is 0.103 e. The van der Waals surface area contributed by atoms with E-state index in [1.54, 1.807) is 5.57 Å². The van der Waals surface area contributed by atoms with Crippen molar-refractivity contribution in [2.75, 3.05) is 0 Å². The lowest BCUT2D eigenvalue weighted by atomic mass is 10.0. The molecule has 0 spiro atoms. The van der Waals surface area contributed by atoms with Gasteiger partial charge >= 0.3 is 0 Å². The highest BCUT2D eigenvalue weighted by Gasteiger charge is 1.92. The van der Waals surface area contributed by atoms with Gasteiger partial charge in [0.25, 0.3) is 0 Å². The van der Waals surface area contributed by atoms with E-state index in [1.807, 2.05) is 6.08 Å². The Balaban J connectivity index is 3.69. The van der Waals surface area contributed by atoms with Crippen molar-refractivity contribution in [2.45, 2.75) is 72.6 Å². The van der Waals surface area contributed by atoms with Crippen molar-refractivity contribution >= 4 is 0 Å². The summed E-state index contributed by atoms with van der Waals surface area (Å²) in [6.45, 7) is 12.6. The minimum atomic E-state index is 1.01. The van der Waals surface area contributed by atoms with Gasteiger partial charge in [0.15, 0.2) is 0 Å². The third-order valence-electron chi connectivity index (χ3n) is 3.23. The molecule has 0 aliphatic carbocycles. The van der Waals surface area contributed by atoms with Crippen molar-refractivity contribution in [3.8, 4) is 0 Å². The zero-order valence-electron chi connectivity index (χ0n) is 13.5. The highest BCUT2D eigenvalue weighted by Crippen LogP contribution is 2.12. The zero-order valence-corrected chi connectivity index (χ0v) is 13.5. The first kappa shape index (κ1) is 18.0. The fourth-order valence-electron chi connectivity index (χ4n) is 1.99. The molecule has 0 nitrogen and oxygen atoms in total. The third kappa shape index (κ3) is 13.2. The first-order chi connectivity index (χ1) is 9.06. The van der Waals surface area contributed by atoms with Crippen molar-refractivity contribution in [2.24, 2.45) is 0 Å². The van der Waals surface area contributed by atoms with Crippen LogP contribution in [0.1, 0.15) is 72.6 Å². The maximum Gasteiger partial charge on any atom is -0.0169 e. The van der Waals surface area contributed by atoms with Gasteiger partial charge in [-0.15, -0.1) is 6.58 Å². The van der Waals surface area contributed by atoms with Gasteiger partial charge in [0.05, 0.1) is 0 Å². The highest BCUT2D eigenvalue weighted by atomic mass is 14.0. The Bertz CT molecular complexity index is 322. The van der Waals surface area contributed by atoms with Crippen LogP contribution in [0.2, 0.25) is 0 Å². The highest BCUT2D eigenvalue weighted by molar-refractivity contribution is 5.03. The molecule has 0 saturated carbocycles. The van der Waals surface area contributed by atoms with Crippen LogP contribution >= 0.6 is 0 Å². The molecule has 0 bridgehead atoms. The molecular weight excluding hydrogens is 228 g/mol. The molecule has 108 valence electrons. The van der Waals surface area contributed by atoms with E-state index in [9.17, 15) is 0 Å². The van der Waals surface area contributed by atoms with Gasteiger partial charge in [-0.3, -0.25) is 0 Å². The van der Waals surface area contributed by atoms with E-state index in [0.29, 0.717) is 0 Å². The van der Waals surface area contributed by atoms with Crippen LogP contribution in [0.4, 0.5) is 0 Å². The summed E-state index contributed by atoms with van der Waals surface area (Å²) >= 11 is 0. The van der Waals surface area contributed by atoms with Crippen LogP contribution in [0.3, 0.4) is 0 Å². The fourth-order valence-corrected chi connectivity index (χ4v) is 1.99. The summed E-state index contributed by atoms with van der Waals surface area (Å²) in [5, 5.41) is 0. The molecule has 0 aromatic heterocycles. The van der Waals surface area contributed by atoms with E-state index in [2.05, 4.69) is 52.5 Å². The zero-order chi connectivity index (χ0) is 14.5. The molecular formula is C19H32. The summed E-state index contributed by atoms with van der Waals surface area (Å²) in [5.74, 6) is 0. The van der Waals surface area contributed by atoms with E-state index in [-0.39, 0.29) is 0 Å². The molecule has 0 aliphatic rings. The van der Waals surface area contributed by atoms with Crippen LogP contribution in [0, 0.1) is 0 Å².